The van der Waals surface area contributed by atoms with Crippen molar-refractivity contribution in [2.45, 2.75) is 32.2 Å². The average molecular weight is 431 g/mol. The topological polar surface area (TPSA) is 91.2 Å². The van der Waals surface area contributed by atoms with Gasteiger partial charge < -0.3 is 4.74 Å². The molecule has 0 saturated carbocycles. The second-order valence-electron chi connectivity index (χ2n) is 7.80. The number of benzene rings is 1. The molecule has 1 aliphatic rings. The molecule has 0 unspecified atom stereocenters. The number of ether oxygens (including phenoxy) is 1. The van der Waals surface area contributed by atoms with E-state index in [1.54, 1.807) is 22.9 Å². The number of carbonyl (C=O) groups is 1. The van der Waals surface area contributed by atoms with Crippen molar-refractivity contribution in [2.24, 2.45) is 0 Å². The normalized spacial score (nSPS) is 18.2. The van der Waals surface area contributed by atoms with Crippen LogP contribution in [0.4, 0.5) is 4.39 Å². The molecule has 1 aromatic carbocycles. The lowest BCUT2D eigenvalue weighted by Gasteiger charge is -2.12. The van der Waals surface area contributed by atoms with E-state index in [-0.39, 0.29) is 23.5 Å². The summed E-state index contributed by atoms with van der Waals surface area (Å²) in [6.45, 7) is 3.91. The third-order valence-corrected chi connectivity index (χ3v) is 7.10. The first-order valence-electron chi connectivity index (χ1n) is 9.68. The maximum absolute atomic E-state index is 13.5. The first kappa shape index (κ1) is 20.5. The molecule has 0 N–H and O–H groups in total. The van der Waals surface area contributed by atoms with Crippen LogP contribution in [0.3, 0.4) is 0 Å². The number of aromatic nitrogens is 3. The summed E-state index contributed by atoms with van der Waals surface area (Å²) in [6.07, 6.45) is 0.420. The van der Waals surface area contributed by atoms with Gasteiger partial charge in [0.05, 0.1) is 35.6 Å². The number of hydrogen-bond donors (Lipinski definition) is 0. The molecular formula is C21H22FN3O4S. The predicted molar refractivity (Wildman–Crippen MR) is 111 cm³/mol. The van der Waals surface area contributed by atoms with E-state index in [1.165, 1.54) is 19.2 Å². The SMILES string of the molecule is COC(=O)c1cc(C(C)C)nc2c1c(-c1ccc(F)cc1)nn2[C@H]1CCS(=O)(=O)C1. The minimum Gasteiger partial charge on any atom is -0.465 e. The molecule has 0 spiro atoms. The van der Waals surface area contributed by atoms with Crippen LogP contribution in [0, 0.1) is 5.82 Å². The van der Waals surface area contributed by atoms with E-state index < -0.39 is 21.6 Å². The van der Waals surface area contributed by atoms with E-state index in [1.807, 2.05) is 13.8 Å². The lowest BCUT2D eigenvalue weighted by molar-refractivity contribution is 0.0602. The number of esters is 1. The van der Waals surface area contributed by atoms with Crippen molar-refractivity contribution in [2.75, 3.05) is 18.6 Å². The zero-order valence-corrected chi connectivity index (χ0v) is 17.7. The second-order valence-corrected chi connectivity index (χ2v) is 10.0. The molecule has 30 heavy (non-hydrogen) atoms. The number of halogens is 1. The lowest BCUT2D eigenvalue weighted by Crippen LogP contribution is -2.14. The fraction of sp³-hybridized carbons (Fsp3) is 0.381. The van der Waals surface area contributed by atoms with Crippen molar-refractivity contribution in [1.82, 2.24) is 14.8 Å². The summed E-state index contributed by atoms with van der Waals surface area (Å²) in [4.78, 5) is 17.4. The summed E-state index contributed by atoms with van der Waals surface area (Å²) in [6, 6.07) is 7.08. The molecule has 3 heterocycles. The Hall–Kier alpha value is -2.81. The zero-order chi connectivity index (χ0) is 21.6. The van der Waals surface area contributed by atoms with E-state index in [9.17, 15) is 17.6 Å². The Morgan fingerprint density at radius 1 is 1.27 bits per heavy atom. The van der Waals surface area contributed by atoms with Gasteiger partial charge in [-0.3, -0.25) is 0 Å². The molecule has 0 aliphatic carbocycles. The lowest BCUT2D eigenvalue weighted by atomic mass is 10.0. The van der Waals surface area contributed by atoms with Crippen LogP contribution in [-0.4, -0.2) is 47.8 Å². The standard InChI is InChI=1S/C21H22FN3O4S/c1-12(2)17-10-16(21(26)29-3)18-19(13-4-6-14(22)7-5-13)24-25(20(18)23-17)15-8-9-30(27,28)11-15/h4-7,10,12,15H,8-9,11H2,1-3H3/t15-/m0/s1. The molecule has 2 aromatic heterocycles. The Morgan fingerprint density at radius 2 is 1.97 bits per heavy atom. The molecule has 0 radical (unpaired) electrons. The monoisotopic (exact) mass is 431 g/mol. The number of hydrogen-bond acceptors (Lipinski definition) is 6. The number of carbonyl (C=O) groups excluding carboxylic acids is 1. The fourth-order valence-electron chi connectivity index (χ4n) is 3.75. The third-order valence-electron chi connectivity index (χ3n) is 5.35. The van der Waals surface area contributed by atoms with Gasteiger partial charge in [0.2, 0.25) is 0 Å². The van der Waals surface area contributed by atoms with Gasteiger partial charge in [-0.1, -0.05) is 13.8 Å². The van der Waals surface area contributed by atoms with E-state index in [0.717, 1.165) is 0 Å². The van der Waals surface area contributed by atoms with Crippen molar-refractivity contribution in [1.29, 1.82) is 0 Å². The molecule has 9 heteroatoms. The van der Waals surface area contributed by atoms with Gasteiger partial charge in [-0.15, -0.1) is 0 Å². The van der Waals surface area contributed by atoms with Gasteiger partial charge in [0.1, 0.15) is 11.5 Å². The van der Waals surface area contributed by atoms with Crippen LogP contribution >= 0.6 is 0 Å². The summed E-state index contributed by atoms with van der Waals surface area (Å²) >= 11 is 0. The number of methoxy groups -OCH3 is 1. The van der Waals surface area contributed by atoms with Crippen molar-refractivity contribution in [3.05, 3.63) is 47.4 Å². The van der Waals surface area contributed by atoms with Gasteiger partial charge in [-0.25, -0.2) is 27.3 Å². The van der Waals surface area contributed by atoms with Crippen molar-refractivity contribution >= 4 is 26.8 Å². The maximum atomic E-state index is 13.5. The number of pyridine rings is 1. The first-order chi connectivity index (χ1) is 14.2. The minimum absolute atomic E-state index is 0.0303. The highest BCUT2D eigenvalue weighted by Crippen LogP contribution is 2.36. The molecule has 1 fully saturated rings. The minimum atomic E-state index is -3.16. The molecular weight excluding hydrogens is 409 g/mol. The van der Waals surface area contributed by atoms with E-state index in [4.69, 9.17) is 9.72 Å². The highest BCUT2D eigenvalue weighted by atomic mass is 32.2. The van der Waals surface area contributed by atoms with Crippen LogP contribution in [0.15, 0.2) is 30.3 Å². The van der Waals surface area contributed by atoms with E-state index in [2.05, 4.69) is 5.10 Å². The van der Waals surface area contributed by atoms with E-state index in [0.29, 0.717) is 40.0 Å². The van der Waals surface area contributed by atoms with Gasteiger partial charge in [-0.2, -0.15) is 5.10 Å². The largest absolute Gasteiger partial charge is 0.465 e. The molecule has 1 atom stereocenters. The van der Waals surface area contributed by atoms with Crippen LogP contribution in [0.2, 0.25) is 0 Å². The van der Waals surface area contributed by atoms with Gasteiger partial charge in [0.15, 0.2) is 15.5 Å². The maximum Gasteiger partial charge on any atom is 0.338 e. The smallest absolute Gasteiger partial charge is 0.338 e. The van der Waals surface area contributed by atoms with Gasteiger partial charge in [-0.05, 0) is 42.7 Å². The quantitative estimate of drug-likeness (QED) is 0.587. The Kier molecular flexibility index (Phi) is 5.09. The molecule has 7 nitrogen and oxygen atoms in total. The summed E-state index contributed by atoms with van der Waals surface area (Å²) in [7, 11) is -1.86. The molecule has 0 amide bonds. The highest BCUT2D eigenvalue weighted by Gasteiger charge is 2.33. The Bertz CT molecular complexity index is 1230. The number of nitrogens with zero attached hydrogens (tertiary/aromatic N) is 3. The molecule has 4 rings (SSSR count). The summed E-state index contributed by atoms with van der Waals surface area (Å²) in [5, 5.41) is 5.15. The van der Waals surface area contributed by atoms with E-state index >= 15 is 0 Å². The van der Waals surface area contributed by atoms with Crippen LogP contribution in [0.1, 0.15) is 48.3 Å². The Morgan fingerprint density at radius 3 is 2.53 bits per heavy atom. The molecule has 3 aromatic rings. The highest BCUT2D eigenvalue weighted by molar-refractivity contribution is 7.91. The number of fused-ring (bicyclic) bond motifs is 1. The van der Waals surface area contributed by atoms with Crippen LogP contribution in [-0.2, 0) is 14.6 Å². The average Bonchev–Trinajstić information content (AvgIpc) is 3.27. The van der Waals surface area contributed by atoms with Gasteiger partial charge in [0.25, 0.3) is 0 Å². The van der Waals surface area contributed by atoms with Crippen molar-refractivity contribution < 1.29 is 22.3 Å². The summed E-state index contributed by atoms with van der Waals surface area (Å²) in [5.41, 5.74) is 2.46. The van der Waals surface area contributed by atoms with Crippen LogP contribution < -0.4 is 0 Å². The van der Waals surface area contributed by atoms with Crippen molar-refractivity contribution in [3.8, 4) is 11.3 Å². The Labute approximate surface area is 173 Å². The van der Waals surface area contributed by atoms with Gasteiger partial charge >= 0.3 is 5.97 Å². The first-order valence-corrected chi connectivity index (χ1v) is 11.5. The second kappa shape index (κ2) is 7.46. The van der Waals surface area contributed by atoms with Crippen LogP contribution in [0.25, 0.3) is 22.3 Å². The number of sulfone groups is 1. The molecule has 1 aliphatic heterocycles. The fourth-order valence-corrected chi connectivity index (χ4v) is 5.45. The molecule has 158 valence electrons. The molecule has 0 bridgehead atoms. The number of rotatable bonds is 4. The summed E-state index contributed by atoms with van der Waals surface area (Å²) < 4.78 is 44.3. The van der Waals surface area contributed by atoms with Gasteiger partial charge in [0, 0.05) is 11.3 Å². The third kappa shape index (κ3) is 3.58. The Balaban J connectivity index is 2.05. The summed E-state index contributed by atoms with van der Waals surface area (Å²) in [5.74, 6) is -0.848. The zero-order valence-electron chi connectivity index (χ0n) is 16.9. The van der Waals surface area contributed by atoms with Crippen LogP contribution in [0.5, 0.6) is 0 Å². The van der Waals surface area contributed by atoms with Crippen molar-refractivity contribution in [3.63, 3.8) is 0 Å². The molecule has 1 saturated heterocycles. The predicted octanol–water partition coefficient (Wildman–Crippen LogP) is 3.51.